The number of aliphatic hydroxyl groups excluding tert-OH is 2. The van der Waals surface area contributed by atoms with Crippen molar-refractivity contribution in [1.82, 2.24) is 0 Å². The van der Waals surface area contributed by atoms with Crippen LogP contribution in [0.3, 0.4) is 0 Å². The second-order valence-electron chi connectivity index (χ2n) is 3.80. The summed E-state index contributed by atoms with van der Waals surface area (Å²) in [6.07, 6.45) is -2.96. The van der Waals surface area contributed by atoms with E-state index in [0.717, 1.165) is 0 Å². The molecule has 0 heterocycles. The highest BCUT2D eigenvalue weighted by Crippen LogP contribution is 2.20. The summed E-state index contributed by atoms with van der Waals surface area (Å²) in [4.78, 5) is 21.9. The number of esters is 1. The van der Waals surface area contributed by atoms with Crippen molar-refractivity contribution in [2.75, 3.05) is 7.11 Å². The molecule has 4 N–H and O–H groups in total. The highest BCUT2D eigenvalue weighted by molar-refractivity contribution is 5.89. The van der Waals surface area contributed by atoms with Crippen molar-refractivity contribution in [3.8, 4) is 0 Å². The molecule has 0 aliphatic rings. The normalized spacial score (nSPS) is 13.7. The average Bonchev–Trinajstić information content (AvgIpc) is 2.36. The summed E-state index contributed by atoms with van der Waals surface area (Å²) in [5.41, 5.74) is 5.49. The number of carbonyl (C=O) groups excluding carboxylic acids is 2. The van der Waals surface area contributed by atoms with Crippen molar-refractivity contribution in [3.63, 3.8) is 0 Å². The van der Waals surface area contributed by atoms with Gasteiger partial charge < -0.3 is 20.7 Å². The Morgan fingerprint density at radius 1 is 1.39 bits per heavy atom. The number of hydrogen-bond donors (Lipinski definition) is 3. The number of rotatable bonds is 5. The molecule has 98 valence electrons. The lowest BCUT2D eigenvalue weighted by Gasteiger charge is -2.17. The molecule has 2 atom stereocenters. The maximum Gasteiger partial charge on any atom is 0.337 e. The monoisotopic (exact) mass is 253 g/mol. The van der Waals surface area contributed by atoms with Gasteiger partial charge in [-0.15, -0.1) is 0 Å². The SMILES string of the molecule is COC(=O)c1cccc(C(O)C(O)CC(N)=O)c1. The molecule has 0 saturated carbocycles. The molecule has 0 saturated heterocycles. The molecular formula is C12H15NO5. The van der Waals surface area contributed by atoms with Gasteiger partial charge in [-0.3, -0.25) is 4.79 Å². The molecule has 1 rings (SSSR count). The largest absolute Gasteiger partial charge is 0.465 e. The van der Waals surface area contributed by atoms with Crippen molar-refractivity contribution >= 4 is 11.9 Å². The Bertz CT molecular complexity index is 446. The molecule has 0 spiro atoms. The smallest absolute Gasteiger partial charge is 0.337 e. The number of benzene rings is 1. The Hall–Kier alpha value is -1.92. The Labute approximate surface area is 104 Å². The predicted octanol–water partition coefficient (Wildman–Crippen LogP) is -0.257. The van der Waals surface area contributed by atoms with Gasteiger partial charge in [0.1, 0.15) is 6.10 Å². The zero-order chi connectivity index (χ0) is 13.7. The maximum atomic E-state index is 11.3. The van der Waals surface area contributed by atoms with Gasteiger partial charge in [-0.25, -0.2) is 4.79 Å². The minimum absolute atomic E-state index is 0.250. The van der Waals surface area contributed by atoms with Gasteiger partial charge >= 0.3 is 5.97 Å². The standard InChI is InChI=1S/C12H15NO5/c1-18-12(17)8-4-2-3-7(5-8)11(16)9(14)6-10(13)15/h2-5,9,11,14,16H,6H2,1H3,(H2,13,15). The summed E-state index contributed by atoms with van der Waals surface area (Å²) in [6.45, 7) is 0. The molecule has 0 fully saturated rings. The number of nitrogens with two attached hydrogens (primary N) is 1. The van der Waals surface area contributed by atoms with Gasteiger partial charge in [-0.1, -0.05) is 12.1 Å². The molecule has 1 amide bonds. The highest BCUT2D eigenvalue weighted by Gasteiger charge is 2.21. The van der Waals surface area contributed by atoms with Crippen LogP contribution in [0.4, 0.5) is 0 Å². The third-order valence-electron chi connectivity index (χ3n) is 2.42. The number of methoxy groups -OCH3 is 1. The van der Waals surface area contributed by atoms with Crippen LogP contribution < -0.4 is 5.73 Å². The molecular weight excluding hydrogens is 238 g/mol. The zero-order valence-electron chi connectivity index (χ0n) is 9.87. The van der Waals surface area contributed by atoms with Crippen LogP contribution in [0.1, 0.15) is 28.4 Å². The van der Waals surface area contributed by atoms with Gasteiger partial charge in [0, 0.05) is 0 Å². The quantitative estimate of drug-likeness (QED) is 0.626. The minimum Gasteiger partial charge on any atom is -0.465 e. The summed E-state index contributed by atoms with van der Waals surface area (Å²) in [6, 6.07) is 5.98. The lowest BCUT2D eigenvalue weighted by Crippen LogP contribution is -2.25. The number of hydrogen-bond acceptors (Lipinski definition) is 5. The van der Waals surface area contributed by atoms with Crippen LogP contribution in [0.2, 0.25) is 0 Å². The van der Waals surface area contributed by atoms with E-state index in [0.29, 0.717) is 5.56 Å². The third kappa shape index (κ3) is 3.54. The molecule has 6 nitrogen and oxygen atoms in total. The Kier molecular flexibility index (Phi) is 4.82. The van der Waals surface area contributed by atoms with E-state index in [-0.39, 0.29) is 12.0 Å². The van der Waals surface area contributed by atoms with Crippen LogP contribution in [-0.2, 0) is 9.53 Å². The molecule has 1 aromatic rings. The van der Waals surface area contributed by atoms with Crippen molar-refractivity contribution in [1.29, 1.82) is 0 Å². The number of primary amides is 1. The van der Waals surface area contributed by atoms with Crippen molar-refractivity contribution in [2.24, 2.45) is 5.73 Å². The number of aliphatic hydroxyl groups is 2. The Morgan fingerprint density at radius 3 is 2.61 bits per heavy atom. The molecule has 1 aromatic carbocycles. The zero-order valence-corrected chi connectivity index (χ0v) is 9.87. The summed E-state index contributed by atoms with van der Waals surface area (Å²) in [5.74, 6) is -1.26. The fourth-order valence-electron chi connectivity index (χ4n) is 1.51. The van der Waals surface area contributed by atoms with Gasteiger partial charge in [-0.2, -0.15) is 0 Å². The predicted molar refractivity (Wildman–Crippen MR) is 62.6 cm³/mol. The lowest BCUT2D eigenvalue weighted by atomic mass is 10.00. The van der Waals surface area contributed by atoms with Crippen LogP contribution >= 0.6 is 0 Å². The lowest BCUT2D eigenvalue weighted by molar-refractivity contribution is -0.121. The first-order valence-electron chi connectivity index (χ1n) is 5.28. The average molecular weight is 253 g/mol. The van der Waals surface area contributed by atoms with Gasteiger partial charge in [-0.05, 0) is 17.7 Å². The van der Waals surface area contributed by atoms with Crippen molar-refractivity contribution < 1.29 is 24.5 Å². The molecule has 18 heavy (non-hydrogen) atoms. The van der Waals surface area contributed by atoms with Crippen molar-refractivity contribution in [3.05, 3.63) is 35.4 Å². The van der Waals surface area contributed by atoms with Gasteiger partial charge in [0.05, 0.1) is 25.2 Å². The van der Waals surface area contributed by atoms with E-state index in [2.05, 4.69) is 4.74 Å². The molecule has 0 aliphatic heterocycles. The van der Waals surface area contributed by atoms with Crippen LogP contribution in [0, 0.1) is 0 Å². The fourth-order valence-corrected chi connectivity index (χ4v) is 1.51. The van der Waals surface area contributed by atoms with E-state index in [9.17, 15) is 19.8 Å². The van der Waals surface area contributed by atoms with Gasteiger partial charge in [0.15, 0.2) is 0 Å². The first kappa shape index (κ1) is 14.1. The Morgan fingerprint density at radius 2 is 2.06 bits per heavy atom. The summed E-state index contributed by atoms with van der Waals surface area (Å²) < 4.78 is 4.54. The van der Waals surface area contributed by atoms with E-state index in [1.807, 2.05) is 0 Å². The minimum atomic E-state index is -1.31. The van der Waals surface area contributed by atoms with Crippen LogP contribution in [0.5, 0.6) is 0 Å². The summed E-state index contributed by atoms with van der Waals surface area (Å²) in [5, 5.41) is 19.4. The molecule has 0 aliphatic carbocycles. The number of ether oxygens (including phenoxy) is 1. The van der Waals surface area contributed by atoms with Crippen LogP contribution in [0.15, 0.2) is 24.3 Å². The second kappa shape index (κ2) is 6.13. The van der Waals surface area contributed by atoms with E-state index >= 15 is 0 Å². The molecule has 0 aromatic heterocycles. The van der Waals surface area contributed by atoms with Crippen molar-refractivity contribution in [2.45, 2.75) is 18.6 Å². The van der Waals surface area contributed by atoms with E-state index < -0.39 is 24.1 Å². The second-order valence-corrected chi connectivity index (χ2v) is 3.80. The van der Waals surface area contributed by atoms with Crippen LogP contribution in [0.25, 0.3) is 0 Å². The third-order valence-corrected chi connectivity index (χ3v) is 2.42. The Balaban J connectivity index is 2.89. The molecule has 6 heteroatoms. The van der Waals surface area contributed by atoms with E-state index in [1.165, 1.54) is 25.3 Å². The first-order valence-corrected chi connectivity index (χ1v) is 5.28. The van der Waals surface area contributed by atoms with E-state index in [1.54, 1.807) is 6.07 Å². The van der Waals surface area contributed by atoms with Crippen LogP contribution in [-0.4, -0.2) is 35.3 Å². The fraction of sp³-hybridized carbons (Fsp3) is 0.333. The maximum absolute atomic E-state index is 11.3. The first-order chi connectivity index (χ1) is 8.45. The molecule has 0 bridgehead atoms. The summed E-state index contributed by atoms with van der Waals surface area (Å²) >= 11 is 0. The molecule has 2 unspecified atom stereocenters. The van der Waals surface area contributed by atoms with Gasteiger partial charge in [0.25, 0.3) is 0 Å². The number of amides is 1. The van der Waals surface area contributed by atoms with Gasteiger partial charge in [0.2, 0.25) is 5.91 Å². The molecule has 0 radical (unpaired) electrons. The van der Waals surface area contributed by atoms with E-state index in [4.69, 9.17) is 5.73 Å². The summed E-state index contributed by atoms with van der Waals surface area (Å²) in [7, 11) is 1.24. The highest BCUT2D eigenvalue weighted by atomic mass is 16.5. The number of carbonyl (C=O) groups is 2. The topological polar surface area (TPSA) is 110 Å².